The van der Waals surface area contributed by atoms with E-state index in [0.29, 0.717) is 5.69 Å². The highest BCUT2D eigenvalue weighted by Crippen LogP contribution is 2.30. The molecule has 0 radical (unpaired) electrons. The zero-order chi connectivity index (χ0) is 16.6. The second-order valence-electron chi connectivity index (χ2n) is 6.34. The fourth-order valence-corrected chi connectivity index (χ4v) is 3.19. The lowest BCUT2D eigenvalue weighted by atomic mass is 9.93. The Hall–Kier alpha value is -2.14. The summed E-state index contributed by atoms with van der Waals surface area (Å²) in [5, 5.41) is 0. The van der Waals surface area contributed by atoms with Crippen molar-refractivity contribution in [3.05, 3.63) is 58.7 Å². The summed E-state index contributed by atoms with van der Waals surface area (Å²) in [7, 11) is 3.48. The Labute approximate surface area is 135 Å². The van der Waals surface area contributed by atoms with E-state index in [-0.39, 0.29) is 17.8 Å². The van der Waals surface area contributed by atoms with Crippen molar-refractivity contribution in [3.8, 4) is 0 Å². The summed E-state index contributed by atoms with van der Waals surface area (Å²) in [4.78, 5) is 19.1. The average molecular weight is 315 g/mol. The highest BCUT2D eigenvalue weighted by molar-refractivity contribution is 5.92. The number of rotatable bonds is 3. The fourth-order valence-electron chi connectivity index (χ4n) is 3.19. The first-order valence-electron chi connectivity index (χ1n) is 7.87. The Morgan fingerprint density at radius 2 is 2.13 bits per heavy atom. The molecule has 2 aromatic rings. The third kappa shape index (κ3) is 3.15. The number of carbonyl (C=O) groups excluding carboxylic acids is 1. The van der Waals surface area contributed by atoms with E-state index in [1.54, 1.807) is 25.1 Å². The Balaban J connectivity index is 1.74. The standard InChI is InChI=1S/C18H22FN3O/c1-12-16-6-4-14(19)10-13(16)8-9-22(12)11-15-5-7-17(20-15)18(23)21(2)3/h4-7,10,12,20H,8-9,11H2,1-3H3/t12-/m0/s1. The quantitative estimate of drug-likeness (QED) is 0.946. The third-order valence-electron chi connectivity index (χ3n) is 4.53. The van der Waals surface area contributed by atoms with Crippen molar-refractivity contribution in [2.75, 3.05) is 20.6 Å². The van der Waals surface area contributed by atoms with E-state index in [0.717, 1.165) is 30.8 Å². The number of benzene rings is 1. The largest absolute Gasteiger partial charge is 0.353 e. The zero-order valence-electron chi connectivity index (χ0n) is 13.8. The minimum absolute atomic E-state index is 0.0243. The number of nitrogens with zero attached hydrogens (tertiary/aromatic N) is 2. The van der Waals surface area contributed by atoms with Gasteiger partial charge in [0, 0.05) is 38.9 Å². The van der Waals surface area contributed by atoms with Crippen LogP contribution in [-0.2, 0) is 13.0 Å². The Kier molecular flexibility index (Phi) is 4.22. The molecule has 1 aliphatic heterocycles. The van der Waals surface area contributed by atoms with E-state index in [9.17, 15) is 9.18 Å². The lowest BCUT2D eigenvalue weighted by Gasteiger charge is -2.35. The lowest BCUT2D eigenvalue weighted by molar-refractivity contribution is 0.0822. The van der Waals surface area contributed by atoms with Gasteiger partial charge < -0.3 is 9.88 Å². The highest BCUT2D eigenvalue weighted by Gasteiger charge is 2.24. The molecule has 3 rings (SSSR count). The molecule has 0 fully saturated rings. The number of aromatic amines is 1. The summed E-state index contributed by atoms with van der Waals surface area (Å²) >= 11 is 0. The monoisotopic (exact) mass is 315 g/mol. The molecule has 0 spiro atoms. The maximum absolute atomic E-state index is 13.4. The van der Waals surface area contributed by atoms with E-state index in [1.165, 1.54) is 11.6 Å². The number of fused-ring (bicyclic) bond motifs is 1. The molecule has 0 bridgehead atoms. The van der Waals surface area contributed by atoms with Crippen LogP contribution in [0.2, 0.25) is 0 Å². The number of H-pyrrole nitrogens is 1. The summed E-state index contributed by atoms with van der Waals surface area (Å²) in [5.41, 5.74) is 3.92. The van der Waals surface area contributed by atoms with Gasteiger partial charge in [-0.15, -0.1) is 0 Å². The van der Waals surface area contributed by atoms with Gasteiger partial charge in [-0.05, 0) is 48.7 Å². The van der Waals surface area contributed by atoms with Gasteiger partial charge in [0.25, 0.3) is 5.91 Å². The summed E-state index contributed by atoms with van der Waals surface area (Å²) < 4.78 is 13.4. The molecular formula is C18H22FN3O. The molecule has 1 atom stereocenters. The molecule has 0 aliphatic carbocycles. The lowest BCUT2D eigenvalue weighted by Crippen LogP contribution is -2.33. The van der Waals surface area contributed by atoms with Crippen LogP contribution in [0.4, 0.5) is 4.39 Å². The first kappa shape index (κ1) is 15.7. The summed E-state index contributed by atoms with van der Waals surface area (Å²) in [5.74, 6) is -0.190. The van der Waals surface area contributed by atoms with E-state index >= 15 is 0 Å². The number of hydrogen-bond donors (Lipinski definition) is 1. The molecule has 1 aromatic carbocycles. The molecule has 1 N–H and O–H groups in total. The molecule has 2 heterocycles. The van der Waals surface area contributed by atoms with Crippen LogP contribution < -0.4 is 0 Å². The zero-order valence-corrected chi connectivity index (χ0v) is 13.8. The average Bonchev–Trinajstić information content (AvgIpc) is 2.97. The van der Waals surface area contributed by atoms with Gasteiger partial charge in [0.2, 0.25) is 0 Å². The SMILES string of the molecule is C[C@H]1c2ccc(F)cc2CCN1Cc1ccc(C(=O)N(C)C)[nH]1. The molecule has 0 unspecified atom stereocenters. The molecule has 1 aromatic heterocycles. The van der Waals surface area contributed by atoms with Crippen molar-refractivity contribution in [1.29, 1.82) is 0 Å². The van der Waals surface area contributed by atoms with Gasteiger partial charge >= 0.3 is 0 Å². The predicted octanol–water partition coefficient (Wildman–Crippen LogP) is 2.97. The fraction of sp³-hybridized carbons (Fsp3) is 0.389. The molecule has 4 nitrogen and oxygen atoms in total. The van der Waals surface area contributed by atoms with E-state index < -0.39 is 0 Å². The molecule has 122 valence electrons. The second-order valence-corrected chi connectivity index (χ2v) is 6.34. The van der Waals surface area contributed by atoms with Crippen LogP contribution in [0.25, 0.3) is 0 Å². The van der Waals surface area contributed by atoms with Gasteiger partial charge in [-0.3, -0.25) is 9.69 Å². The second kappa shape index (κ2) is 6.16. The molecule has 0 saturated heterocycles. The van der Waals surface area contributed by atoms with E-state index in [1.807, 2.05) is 18.2 Å². The number of aromatic nitrogens is 1. The van der Waals surface area contributed by atoms with Crippen molar-refractivity contribution in [2.24, 2.45) is 0 Å². The number of amides is 1. The molecule has 1 amide bonds. The van der Waals surface area contributed by atoms with Crippen molar-refractivity contribution < 1.29 is 9.18 Å². The molecule has 23 heavy (non-hydrogen) atoms. The van der Waals surface area contributed by atoms with Gasteiger partial charge in [-0.1, -0.05) is 6.07 Å². The Morgan fingerprint density at radius 1 is 1.35 bits per heavy atom. The summed E-state index contributed by atoms with van der Waals surface area (Å²) in [6.07, 6.45) is 0.849. The van der Waals surface area contributed by atoms with Crippen LogP contribution in [0.1, 0.15) is 40.3 Å². The van der Waals surface area contributed by atoms with Crippen LogP contribution in [0.5, 0.6) is 0 Å². The highest BCUT2D eigenvalue weighted by atomic mass is 19.1. The van der Waals surface area contributed by atoms with Crippen molar-refractivity contribution >= 4 is 5.91 Å². The number of nitrogens with one attached hydrogen (secondary N) is 1. The van der Waals surface area contributed by atoms with Crippen LogP contribution >= 0.6 is 0 Å². The topological polar surface area (TPSA) is 39.3 Å². The Morgan fingerprint density at radius 3 is 2.87 bits per heavy atom. The normalized spacial score (nSPS) is 17.8. The molecule has 0 saturated carbocycles. The Bertz CT molecular complexity index is 723. The summed E-state index contributed by atoms with van der Waals surface area (Å²) in [6.45, 7) is 3.77. The number of carbonyl (C=O) groups is 1. The smallest absolute Gasteiger partial charge is 0.269 e. The van der Waals surface area contributed by atoms with E-state index in [2.05, 4.69) is 16.8 Å². The number of halogens is 1. The first-order valence-corrected chi connectivity index (χ1v) is 7.87. The van der Waals surface area contributed by atoms with Crippen LogP contribution in [0, 0.1) is 5.82 Å². The van der Waals surface area contributed by atoms with Crippen LogP contribution in [0.15, 0.2) is 30.3 Å². The molecule has 5 heteroatoms. The van der Waals surface area contributed by atoms with Crippen molar-refractivity contribution in [1.82, 2.24) is 14.8 Å². The minimum atomic E-state index is -0.166. The van der Waals surface area contributed by atoms with Gasteiger partial charge in [0.05, 0.1) is 0 Å². The van der Waals surface area contributed by atoms with Gasteiger partial charge in [-0.25, -0.2) is 4.39 Å². The first-order chi connectivity index (χ1) is 11.0. The summed E-state index contributed by atoms with van der Waals surface area (Å²) in [6, 6.07) is 9.08. The van der Waals surface area contributed by atoms with Gasteiger partial charge in [0.1, 0.15) is 11.5 Å². The van der Waals surface area contributed by atoms with Gasteiger partial charge in [0.15, 0.2) is 0 Å². The maximum atomic E-state index is 13.4. The number of hydrogen-bond acceptors (Lipinski definition) is 2. The van der Waals surface area contributed by atoms with Gasteiger partial charge in [-0.2, -0.15) is 0 Å². The van der Waals surface area contributed by atoms with Crippen LogP contribution in [-0.4, -0.2) is 41.3 Å². The predicted molar refractivity (Wildman–Crippen MR) is 87.7 cm³/mol. The maximum Gasteiger partial charge on any atom is 0.269 e. The molecule has 1 aliphatic rings. The van der Waals surface area contributed by atoms with Crippen molar-refractivity contribution in [3.63, 3.8) is 0 Å². The van der Waals surface area contributed by atoms with E-state index in [4.69, 9.17) is 0 Å². The minimum Gasteiger partial charge on any atom is -0.353 e. The molecular weight excluding hydrogens is 293 g/mol. The third-order valence-corrected chi connectivity index (χ3v) is 4.53. The van der Waals surface area contributed by atoms with Crippen molar-refractivity contribution in [2.45, 2.75) is 25.9 Å². The van der Waals surface area contributed by atoms with Crippen LogP contribution in [0.3, 0.4) is 0 Å².